The zero-order chi connectivity index (χ0) is 11.1. The lowest BCUT2D eigenvalue weighted by Crippen LogP contribution is -2.17. The quantitative estimate of drug-likeness (QED) is 0.564. The van der Waals surface area contributed by atoms with Crippen LogP contribution in [-0.4, -0.2) is 45.0 Å². The fourth-order valence-electron chi connectivity index (χ4n) is 0.391. The summed E-state index contributed by atoms with van der Waals surface area (Å²) in [4.78, 5) is 2.11. The molecule has 13 heavy (non-hydrogen) atoms. The number of hydrogen-bond acceptors (Lipinski definition) is 3. The van der Waals surface area contributed by atoms with E-state index in [0.717, 1.165) is 19.8 Å². The first-order chi connectivity index (χ1) is 6.18. The third kappa shape index (κ3) is 46.6. The zero-order valence-electron chi connectivity index (χ0n) is 10.1. The first kappa shape index (κ1) is 18.9. The Hall–Kier alpha value is 0.270. The van der Waals surface area contributed by atoms with Crippen molar-refractivity contribution in [3.05, 3.63) is 0 Å². The molecule has 0 spiro atoms. The molecular weight excluding hydrogens is 182 g/mol. The first-order valence-corrected chi connectivity index (χ1v) is 5.75. The lowest BCUT2D eigenvalue weighted by molar-refractivity contribution is 0.129. The van der Waals surface area contributed by atoms with Gasteiger partial charge in [-0.1, -0.05) is 20.3 Å². The minimum Gasteiger partial charge on any atom is -0.380 e. The maximum absolute atomic E-state index is 5.10. The van der Waals surface area contributed by atoms with Gasteiger partial charge in [-0.05, 0) is 27.3 Å². The second-order valence-electron chi connectivity index (χ2n) is 2.71. The van der Waals surface area contributed by atoms with Crippen molar-refractivity contribution in [3.8, 4) is 0 Å². The van der Waals surface area contributed by atoms with Crippen LogP contribution in [0.25, 0.3) is 0 Å². The second-order valence-corrected chi connectivity index (χ2v) is 2.71. The summed E-state index contributed by atoms with van der Waals surface area (Å²) in [5.74, 6) is 0. The van der Waals surface area contributed by atoms with Crippen molar-refractivity contribution >= 4 is 12.6 Å². The molecule has 0 heterocycles. The molecule has 0 bridgehead atoms. The zero-order valence-corrected chi connectivity index (χ0v) is 11.0. The van der Waals surface area contributed by atoms with Gasteiger partial charge in [-0.2, -0.15) is 12.6 Å². The SMILES string of the molecule is CCC.CCOCCN(C)C.CS. The maximum atomic E-state index is 5.10. The van der Waals surface area contributed by atoms with E-state index in [0.29, 0.717) is 0 Å². The van der Waals surface area contributed by atoms with Crippen LogP contribution in [-0.2, 0) is 4.74 Å². The summed E-state index contributed by atoms with van der Waals surface area (Å²) in [6.45, 7) is 8.96. The molecule has 0 unspecified atom stereocenters. The number of nitrogens with zero attached hydrogens (tertiary/aromatic N) is 1. The van der Waals surface area contributed by atoms with E-state index < -0.39 is 0 Å². The molecule has 0 radical (unpaired) electrons. The van der Waals surface area contributed by atoms with Gasteiger partial charge in [-0.15, -0.1) is 0 Å². The van der Waals surface area contributed by atoms with Crippen LogP contribution in [0.2, 0.25) is 0 Å². The fraction of sp³-hybridized carbons (Fsp3) is 1.00. The molecule has 0 saturated carbocycles. The summed E-state index contributed by atoms with van der Waals surface area (Å²) in [6.07, 6.45) is 2.94. The molecule has 0 N–H and O–H groups in total. The lowest BCUT2D eigenvalue weighted by Gasteiger charge is -2.07. The van der Waals surface area contributed by atoms with Gasteiger partial charge < -0.3 is 9.64 Å². The number of rotatable bonds is 4. The van der Waals surface area contributed by atoms with E-state index in [1.165, 1.54) is 6.42 Å². The van der Waals surface area contributed by atoms with Gasteiger partial charge in [0.25, 0.3) is 0 Å². The third-order valence-corrected chi connectivity index (χ3v) is 0.887. The molecule has 0 saturated heterocycles. The van der Waals surface area contributed by atoms with Gasteiger partial charge in [-0.3, -0.25) is 0 Å². The van der Waals surface area contributed by atoms with Crippen molar-refractivity contribution in [3.63, 3.8) is 0 Å². The van der Waals surface area contributed by atoms with Crippen LogP contribution in [0.5, 0.6) is 0 Å². The number of ether oxygens (including phenoxy) is 1. The van der Waals surface area contributed by atoms with E-state index in [4.69, 9.17) is 4.74 Å². The van der Waals surface area contributed by atoms with E-state index in [1.54, 1.807) is 6.26 Å². The number of thiol groups is 1. The summed E-state index contributed by atoms with van der Waals surface area (Å²) >= 11 is 3.53. The molecule has 0 fully saturated rings. The predicted octanol–water partition coefficient (Wildman–Crippen LogP) is 2.55. The van der Waals surface area contributed by atoms with Crippen molar-refractivity contribution in [2.24, 2.45) is 0 Å². The van der Waals surface area contributed by atoms with Gasteiger partial charge >= 0.3 is 0 Å². The molecule has 0 rings (SSSR count). The molecule has 0 aromatic rings. The molecule has 0 aromatic carbocycles. The topological polar surface area (TPSA) is 12.5 Å². The Morgan fingerprint density at radius 2 is 1.46 bits per heavy atom. The maximum Gasteiger partial charge on any atom is 0.0593 e. The summed E-state index contributed by atoms with van der Waals surface area (Å²) < 4.78 is 5.10. The minimum absolute atomic E-state index is 0.827. The normalized spacial score (nSPS) is 8.31. The molecule has 0 aliphatic heterocycles. The van der Waals surface area contributed by atoms with Gasteiger partial charge in [0.05, 0.1) is 6.61 Å². The Bertz CT molecular complexity index is 60.9. The van der Waals surface area contributed by atoms with Crippen LogP contribution in [0.4, 0.5) is 0 Å². The fourth-order valence-corrected chi connectivity index (χ4v) is 0.391. The standard InChI is InChI=1S/C6H15NO.C3H8.CH4S/c1-4-8-6-5-7(2)3;1-3-2;1-2/h4-6H2,1-3H3;3H2,1-2H3;2H,1H3. The van der Waals surface area contributed by atoms with Gasteiger partial charge in [0, 0.05) is 13.2 Å². The molecule has 0 atom stereocenters. The largest absolute Gasteiger partial charge is 0.380 e. The number of likely N-dealkylation sites (N-methyl/N-ethyl adjacent to an activating group) is 1. The van der Waals surface area contributed by atoms with Crippen LogP contribution in [0, 0.1) is 0 Å². The van der Waals surface area contributed by atoms with Gasteiger partial charge in [0.15, 0.2) is 0 Å². The average molecular weight is 209 g/mol. The van der Waals surface area contributed by atoms with E-state index >= 15 is 0 Å². The van der Waals surface area contributed by atoms with E-state index in [1.807, 2.05) is 21.0 Å². The van der Waals surface area contributed by atoms with Crippen molar-refractivity contribution in [1.29, 1.82) is 0 Å². The van der Waals surface area contributed by atoms with Crippen LogP contribution in [0.1, 0.15) is 27.2 Å². The van der Waals surface area contributed by atoms with Crippen LogP contribution >= 0.6 is 12.6 Å². The van der Waals surface area contributed by atoms with Crippen molar-refractivity contribution < 1.29 is 4.74 Å². The summed E-state index contributed by atoms with van der Waals surface area (Å²) in [5, 5.41) is 0. The molecule has 3 heteroatoms. The molecule has 0 aliphatic rings. The Kier molecular flexibility index (Phi) is 33.2. The Labute approximate surface area is 90.1 Å². The first-order valence-electron chi connectivity index (χ1n) is 4.86. The summed E-state index contributed by atoms with van der Waals surface area (Å²) in [7, 11) is 4.08. The van der Waals surface area contributed by atoms with Gasteiger partial charge in [0.2, 0.25) is 0 Å². The highest BCUT2D eigenvalue weighted by Gasteiger charge is 1.85. The van der Waals surface area contributed by atoms with Crippen LogP contribution in [0.15, 0.2) is 0 Å². The lowest BCUT2D eigenvalue weighted by atomic mass is 10.6. The van der Waals surface area contributed by atoms with Crippen molar-refractivity contribution in [2.75, 3.05) is 40.1 Å². The second kappa shape index (κ2) is 22.8. The summed E-state index contributed by atoms with van der Waals surface area (Å²) in [6, 6.07) is 0. The smallest absolute Gasteiger partial charge is 0.0593 e. The minimum atomic E-state index is 0.827. The van der Waals surface area contributed by atoms with Gasteiger partial charge in [0.1, 0.15) is 0 Å². The average Bonchev–Trinajstić information content (AvgIpc) is 2.09. The molecule has 84 valence electrons. The highest BCUT2D eigenvalue weighted by Crippen LogP contribution is 1.75. The predicted molar refractivity (Wildman–Crippen MR) is 65.9 cm³/mol. The van der Waals surface area contributed by atoms with Crippen molar-refractivity contribution in [1.82, 2.24) is 4.90 Å². The van der Waals surface area contributed by atoms with Crippen molar-refractivity contribution in [2.45, 2.75) is 27.2 Å². The molecule has 0 amide bonds. The molecule has 0 aliphatic carbocycles. The highest BCUT2D eigenvalue weighted by molar-refractivity contribution is 7.79. The van der Waals surface area contributed by atoms with E-state index in [2.05, 4.69) is 31.4 Å². The highest BCUT2D eigenvalue weighted by atomic mass is 32.1. The third-order valence-electron chi connectivity index (χ3n) is 0.887. The monoisotopic (exact) mass is 209 g/mol. The van der Waals surface area contributed by atoms with E-state index in [9.17, 15) is 0 Å². The Morgan fingerprint density at radius 3 is 1.69 bits per heavy atom. The van der Waals surface area contributed by atoms with Crippen LogP contribution < -0.4 is 0 Å². The van der Waals surface area contributed by atoms with E-state index in [-0.39, 0.29) is 0 Å². The summed E-state index contributed by atoms with van der Waals surface area (Å²) in [5.41, 5.74) is 0. The number of hydrogen-bond donors (Lipinski definition) is 1. The van der Waals surface area contributed by atoms with Gasteiger partial charge in [-0.25, -0.2) is 0 Å². The van der Waals surface area contributed by atoms with Crippen LogP contribution in [0.3, 0.4) is 0 Å². The Morgan fingerprint density at radius 1 is 1.08 bits per heavy atom. The molecular formula is C10H27NOS. The Balaban J connectivity index is -0.000000169. The molecule has 2 nitrogen and oxygen atoms in total. The molecule has 0 aromatic heterocycles.